The Morgan fingerprint density at radius 2 is 0.940 bits per heavy atom. The van der Waals surface area contributed by atoms with Crippen LogP contribution < -0.4 is 0 Å². The molecular formula is C48H48N2. The van der Waals surface area contributed by atoms with Gasteiger partial charge in [-0.05, 0) is 74.9 Å². The first kappa shape index (κ1) is 32.1. The SMILES string of the molecule is CC(C)(C)c1ccc(C(C)(C)C)c(-c2ccc(-n3c4ccccc4c4ccc(-n5c6ccccc6c6ccccc65)c(C(C)(C)C)c43)cc2)c1. The third-order valence-corrected chi connectivity index (χ3v) is 10.5. The summed E-state index contributed by atoms with van der Waals surface area (Å²) in [6, 6.07) is 47.7. The number of hydrogen-bond acceptors (Lipinski definition) is 0. The Hall–Kier alpha value is -5.08. The maximum atomic E-state index is 2.52. The molecule has 2 heterocycles. The van der Waals surface area contributed by atoms with Crippen molar-refractivity contribution < 1.29 is 0 Å². The van der Waals surface area contributed by atoms with Gasteiger partial charge in [0, 0.05) is 32.8 Å². The van der Waals surface area contributed by atoms with Crippen molar-refractivity contribution in [3.05, 3.63) is 144 Å². The van der Waals surface area contributed by atoms with Crippen molar-refractivity contribution in [2.24, 2.45) is 0 Å². The van der Waals surface area contributed by atoms with Crippen LogP contribution in [0.1, 0.15) is 79.0 Å². The van der Waals surface area contributed by atoms with Crippen molar-refractivity contribution in [2.45, 2.75) is 78.6 Å². The standard InChI is InChI=1S/C48H48N2/c1-46(2,3)32-24-28-39(47(4,5)6)38(30-32)31-22-25-33(26-23-31)49-40-19-13-12-18-36(40)37-27-29-43(44(45(37)49)48(7,8)9)50-41-20-14-10-16-34(41)35-17-11-15-21-42(35)50/h10-30H,1-9H3. The molecule has 250 valence electrons. The van der Waals surface area contributed by atoms with E-state index < -0.39 is 0 Å². The molecule has 0 spiro atoms. The first-order chi connectivity index (χ1) is 23.7. The molecule has 0 aliphatic carbocycles. The summed E-state index contributed by atoms with van der Waals surface area (Å²) in [4.78, 5) is 0. The molecule has 0 radical (unpaired) electrons. The molecule has 0 amide bonds. The van der Waals surface area contributed by atoms with Gasteiger partial charge in [-0.1, -0.05) is 153 Å². The highest BCUT2D eigenvalue weighted by Gasteiger charge is 2.28. The molecule has 0 saturated carbocycles. The molecule has 8 rings (SSSR count). The summed E-state index contributed by atoms with van der Waals surface area (Å²) < 4.78 is 5.01. The van der Waals surface area contributed by atoms with Crippen LogP contribution in [-0.4, -0.2) is 9.13 Å². The Morgan fingerprint density at radius 3 is 1.46 bits per heavy atom. The molecular weight excluding hydrogens is 605 g/mol. The normalized spacial score (nSPS) is 12.9. The minimum absolute atomic E-state index is 0.0298. The lowest BCUT2D eigenvalue weighted by atomic mass is 9.78. The van der Waals surface area contributed by atoms with Gasteiger partial charge in [-0.25, -0.2) is 0 Å². The number of hydrogen-bond donors (Lipinski definition) is 0. The van der Waals surface area contributed by atoms with Gasteiger partial charge in [-0.15, -0.1) is 0 Å². The number of nitrogens with zero attached hydrogens (tertiary/aromatic N) is 2. The largest absolute Gasteiger partial charge is 0.309 e. The van der Waals surface area contributed by atoms with Gasteiger partial charge >= 0.3 is 0 Å². The van der Waals surface area contributed by atoms with E-state index >= 15 is 0 Å². The van der Waals surface area contributed by atoms with Gasteiger partial charge < -0.3 is 9.13 Å². The van der Waals surface area contributed by atoms with Crippen LogP contribution >= 0.6 is 0 Å². The summed E-state index contributed by atoms with van der Waals surface area (Å²) in [5.74, 6) is 0. The maximum Gasteiger partial charge on any atom is 0.0599 e. The molecule has 0 unspecified atom stereocenters. The summed E-state index contributed by atoms with van der Waals surface area (Å²) in [6.45, 7) is 20.9. The number of aromatic nitrogens is 2. The first-order valence-electron chi connectivity index (χ1n) is 18.0. The molecule has 0 fully saturated rings. The predicted octanol–water partition coefficient (Wildman–Crippen LogP) is 13.4. The summed E-state index contributed by atoms with van der Waals surface area (Å²) in [6.07, 6.45) is 0. The molecule has 0 aliphatic rings. The monoisotopic (exact) mass is 652 g/mol. The van der Waals surface area contributed by atoms with Crippen molar-refractivity contribution in [3.8, 4) is 22.5 Å². The van der Waals surface area contributed by atoms with Gasteiger partial charge in [0.15, 0.2) is 0 Å². The van der Waals surface area contributed by atoms with Crippen LogP contribution in [-0.2, 0) is 16.2 Å². The van der Waals surface area contributed by atoms with Gasteiger partial charge in [0.25, 0.3) is 0 Å². The number of benzene rings is 6. The van der Waals surface area contributed by atoms with Gasteiger partial charge in [0.05, 0.1) is 27.8 Å². The molecule has 0 saturated heterocycles. The number of para-hydroxylation sites is 3. The van der Waals surface area contributed by atoms with E-state index in [1.807, 2.05) is 0 Å². The van der Waals surface area contributed by atoms with Crippen LogP contribution in [0.2, 0.25) is 0 Å². The average Bonchev–Trinajstić information content (AvgIpc) is 3.59. The smallest absolute Gasteiger partial charge is 0.0599 e. The van der Waals surface area contributed by atoms with E-state index in [2.05, 4.69) is 199 Å². The molecule has 0 aliphatic heterocycles. The van der Waals surface area contributed by atoms with Crippen molar-refractivity contribution in [2.75, 3.05) is 0 Å². The van der Waals surface area contributed by atoms with E-state index in [1.54, 1.807) is 0 Å². The summed E-state index contributed by atoms with van der Waals surface area (Å²) in [5.41, 5.74) is 14.0. The Balaban J connectivity index is 1.42. The summed E-state index contributed by atoms with van der Waals surface area (Å²) in [5, 5.41) is 5.12. The summed E-state index contributed by atoms with van der Waals surface area (Å²) in [7, 11) is 0. The molecule has 0 atom stereocenters. The maximum absolute atomic E-state index is 2.52. The highest BCUT2D eigenvalue weighted by atomic mass is 15.0. The van der Waals surface area contributed by atoms with Crippen LogP contribution in [0.4, 0.5) is 0 Å². The predicted molar refractivity (Wildman–Crippen MR) is 217 cm³/mol. The van der Waals surface area contributed by atoms with Gasteiger partial charge in [0.2, 0.25) is 0 Å². The van der Waals surface area contributed by atoms with E-state index in [1.165, 1.54) is 82.8 Å². The van der Waals surface area contributed by atoms with Gasteiger partial charge in [-0.3, -0.25) is 0 Å². The second kappa shape index (κ2) is 11.2. The lowest BCUT2D eigenvalue weighted by Gasteiger charge is -2.27. The zero-order valence-corrected chi connectivity index (χ0v) is 31.0. The molecule has 2 heteroatoms. The molecule has 0 N–H and O–H groups in total. The van der Waals surface area contributed by atoms with Crippen LogP contribution in [0, 0.1) is 0 Å². The fourth-order valence-electron chi connectivity index (χ4n) is 8.12. The van der Waals surface area contributed by atoms with E-state index in [4.69, 9.17) is 0 Å². The first-order valence-corrected chi connectivity index (χ1v) is 18.0. The zero-order chi connectivity index (χ0) is 35.2. The van der Waals surface area contributed by atoms with Crippen LogP contribution in [0.15, 0.2) is 127 Å². The Labute approximate surface area is 297 Å². The van der Waals surface area contributed by atoms with Crippen molar-refractivity contribution in [1.29, 1.82) is 0 Å². The van der Waals surface area contributed by atoms with Crippen molar-refractivity contribution >= 4 is 43.6 Å². The Morgan fingerprint density at radius 1 is 0.420 bits per heavy atom. The van der Waals surface area contributed by atoms with Gasteiger partial charge in [0.1, 0.15) is 0 Å². The van der Waals surface area contributed by atoms with E-state index in [0.29, 0.717) is 0 Å². The van der Waals surface area contributed by atoms with Gasteiger partial charge in [-0.2, -0.15) is 0 Å². The number of rotatable bonds is 3. The second-order valence-corrected chi connectivity index (χ2v) is 17.1. The molecule has 0 bridgehead atoms. The average molecular weight is 653 g/mol. The molecule has 6 aromatic carbocycles. The highest BCUT2D eigenvalue weighted by Crippen LogP contribution is 2.44. The third kappa shape index (κ3) is 5.07. The van der Waals surface area contributed by atoms with Crippen LogP contribution in [0.5, 0.6) is 0 Å². The highest BCUT2D eigenvalue weighted by molar-refractivity contribution is 6.13. The lowest BCUT2D eigenvalue weighted by Crippen LogP contribution is -2.17. The third-order valence-electron chi connectivity index (χ3n) is 10.5. The Kier molecular flexibility index (Phi) is 7.21. The zero-order valence-electron chi connectivity index (χ0n) is 31.0. The summed E-state index contributed by atoms with van der Waals surface area (Å²) >= 11 is 0. The topological polar surface area (TPSA) is 9.86 Å². The minimum Gasteiger partial charge on any atom is -0.309 e. The van der Waals surface area contributed by atoms with E-state index in [0.717, 1.165) is 0 Å². The van der Waals surface area contributed by atoms with Crippen LogP contribution in [0.3, 0.4) is 0 Å². The van der Waals surface area contributed by atoms with E-state index in [9.17, 15) is 0 Å². The van der Waals surface area contributed by atoms with Crippen molar-refractivity contribution in [3.63, 3.8) is 0 Å². The minimum atomic E-state index is -0.150. The fourth-order valence-corrected chi connectivity index (χ4v) is 8.12. The molecule has 8 aromatic rings. The van der Waals surface area contributed by atoms with E-state index in [-0.39, 0.29) is 16.2 Å². The van der Waals surface area contributed by atoms with Crippen LogP contribution in [0.25, 0.3) is 66.1 Å². The Bertz CT molecular complexity index is 2510. The number of fused-ring (bicyclic) bond motifs is 6. The quantitative estimate of drug-likeness (QED) is 0.180. The fraction of sp³-hybridized carbons (Fsp3) is 0.250. The second-order valence-electron chi connectivity index (χ2n) is 17.1. The molecule has 50 heavy (non-hydrogen) atoms. The van der Waals surface area contributed by atoms with Crippen molar-refractivity contribution in [1.82, 2.24) is 9.13 Å². The lowest BCUT2D eigenvalue weighted by molar-refractivity contribution is 0.578. The molecule has 2 aromatic heterocycles. The molecule has 2 nitrogen and oxygen atoms in total.